The molecule has 0 bridgehead atoms. The fourth-order valence-corrected chi connectivity index (χ4v) is 2.47. The standard InChI is InChI=1S/C12H17N3O4S/c1-9-8-19-7-6-15(9)12(16)14-10-2-4-11(5-3-10)20(13,17)18/h2-5,9H,6-8H2,1H3,(H,14,16)(H2,13,17,18). The molecule has 1 unspecified atom stereocenters. The zero-order chi connectivity index (χ0) is 14.8. The number of amides is 2. The molecule has 2 amide bonds. The molecule has 110 valence electrons. The van der Waals surface area contributed by atoms with Gasteiger partial charge in [-0.05, 0) is 31.2 Å². The number of sulfonamides is 1. The van der Waals surface area contributed by atoms with Crippen molar-refractivity contribution in [3.05, 3.63) is 24.3 Å². The molecule has 7 nitrogen and oxygen atoms in total. The number of nitrogens with two attached hydrogens (primary N) is 1. The largest absolute Gasteiger partial charge is 0.377 e. The fourth-order valence-electron chi connectivity index (χ4n) is 1.95. The number of nitrogens with zero attached hydrogens (tertiary/aromatic N) is 1. The zero-order valence-electron chi connectivity index (χ0n) is 11.1. The van der Waals surface area contributed by atoms with E-state index in [4.69, 9.17) is 9.88 Å². The van der Waals surface area contributed by atoms with Crippen LogP contribution in [0.2, 0.25) is 0 Å². The first-order valence-electron chi connectivity index (χ1n) is 6.16. The van der Waals surface area contributed by atoms with Gasteiger partial charge >= 0.3 is 6.03 Å². The summed E-state index contributed by atoms with van der Waals surface area (Å²) in [5.41, 5.74) is 0.515. The van der Waals surface area contributed by atoms with Gasteiger partial charge in [0.05, 0.1) is 24.2 Å². The van der Waals surface area contributed by atoms with Gasteiger partial charge in [0.15, 0.2) is 0 Å². The molecule has 0 saturated carbocycles. The highest BCUT2D eigenvalue weighted by molar-refractivity contribution is 7.89. The van der Waals surface area contributed by atoms with E-state index >= 15 is 0 Å². The van der Waals surface area contributed by atoms with Crippen LogP contribution in [0.5, 0.6) is 0 Å². The molecule has 2 rings (SSSR count). The predicted octanol–water partition coefficient (Wildman–Crippen LogP) is 0.587. The molecule has 3 N–H and O–H groups in total. The minimum atomic E-state index is -3.72. The summed E-state index contributed by atoms with van der Waals surface area (Å²) in [6.45, 7) is 3.46. The van der Waals surface area contributed by atoms with E-state index < -0.39 is 10.0 Å². The molecule has 1 saturated heterocycles. The Bertz CT molecular complexity index is 585. The molecule has 0 radical (unpaired) electrons. The number of ether oxygens (including phenoxy) is 1. The van der Waals surface area contributed by atoms with Gasteiger partial charge in [-0.15, -0.1) is 0 Å². The van der Waals surface area contributed by atoms with Gasteiger partial charge in [-0.1, -0.05) is 0 Å². The van der Waals surface area contributed by atoms with Crippen LogP contribution in [0.1, 0.15) is 6.92 Å². The maximum absolute atomic E-state index is 12.1. The Morgan fingerprint density at radius 2 is 2.05 bits per heavy atom. The Labute approximate surface area is 117 Å². The highest BCUT2D eigenvalue weighted by Crippen LogP contribution is 2.14. The van der Waals surface area contributed by atoms with Gasteiger partial charge in [0, 0.05) is 12.2 Å². The number of carbonyl (C=O) groups is 1. The van der Waals surface area contributed by atoms with Gasteiger partial charge in [0.1, 0.15) is 0 Å². The summed E-state index contributed by atoms with van der Waals surface area (Å²) in [4.78, 5) is 13.8. The predicted molar refractivity (Wildman–Crippen MR) is 73.8 cm³/mol. The number of rotatable bonds is 2. The van der Waals surface area contributed by atoms with Crippen molar-refractivity contribution in [3.63, 3.8) is 0 Å². The SMILES string of the molecule is CC1COCCN1C(=O)Nc1ccc(S(N)(=O)=O)cc1. The van der Waals surface area contributed by atoms with Crippen molar-refractivity contribution in [2.24, 2.45) is 5.14 Å². The minimum absolute atomic E-state index is 0.00689. The summed E-state index contributed by atoms with van der Waals surface area (Å²) in [5, 5.41) is 7.72. The van der Waals surface area contributed by atoms with E-state index in [-0.39, 0.29) is 17.0 Å². The lowest BCUT2D eigenvalue weighted by molar-refractivity contribution is 0.0222. The number of hydrogen-bond donors (Lipinski definition) is 2. The normalized spacial score (nSPS) is 19.7. The molecule has 1 atom stereocenters. The molecule has 0 spiro atoms. The highest BCUT2D eigenvalue weighted by Gasteiger charge is 2.23. The van der Waals surface area contributed by atoms with Crippen LogP contribution in [0.15, 0.2) is 29.2 Å². The average molecular weight is 299 g/mol. The first-order chi connectivity index (χ1) is 9.38. The minimum Gasteiger partial charge on any atom is -0.377 e. The van der Waals surface area contributed by atoms with Crippen molar-refractivity contribution in [2.75, 3.05) is 25.1 Å². The van der Waals surface area contributed by atoms with Gasteiger partial charge in [-0.3, -0.25) is 0 Å². The summed E-state index contributed by atoms with van der Waals surface area (Å²) in [5.74, 6) is 0. The van der Waals surface area contributed by atoms with Crippen LogP contribution < -0.4 is 10.5 Å². The second kappa shape index (κ2) is 5.78. The Kier molecular flexibility index (Phi) is 4.26. The number of carbonyl (C=O) groups excluding carboxylic acids is 1. The molecule has 1 aromatic rings. The summed E-state index contributed by atoms with van der Waals surface area (Å²) in [7, 11) is -3.72. The topological polar surface area (TPSA) is 102 Å². The number of anilines is 1. The molecule has 1 aromatic carbocycles. The van der Waals surface area contributed by atoms with Crippen LogP contribution in [-0.2, 0) is 14.8 Å². The lowest BCUT2D eigenvalue weighted by atomic mass is 10.2. The Morgan fingerprint density at radius 1 is 1.40 bits per heavy atom. The number of benzene rings is 1. The van der Waals surface area contributed by atoms with Crippen LogP contribution in [0.4, 0.5) is 10.5 Å². The first kappa shape index (κ1) is 14.8. The first-order valence-corrected chi connectivity index (χ1v) is 7.71. The van der Waals surface area contributed by atoms with Gasteiger partial charge < -0.3 is 15.0 Å². The number of nitrogens with one attached hydrogen (secondary N) is 1. The molecule has 1 aliphatic rings. The zero-order valence-corrected chi connectivity index (χ0v) is 11.9. The summed E-state index contributed by atoms with van der Waals surface area (Å²) >= 11 is 0. The van der Waals surface area contributed by atoms with Crippen molar-refractivity contribution >= 4 is 21.7 Å². The van der Waals surface area contributed by atoms with E-state index in [1.165, 1.54) is 24.3 Å². The third-order valence-corrected chi connectivity index (χ3v) is 3.99. The smallest absolute Gasteiger partial charge is 0.322 e. The maximum atomic E-state index is 12.1. The van der Waals surface area contributed by atoms with Crippen molar-refractivity contribution in [1.29, 1.82) is 0 Å². The number of hydrogen-bond acceptors (Lipinski definition) is 4. The molecule has 0 aliphatic carbocycles. The van der Waals surface area contributed by atoms with Crippen molar-refractivity contribution in [2.45, 2.75) is 17.9 Å². The fraction of sp³-hybridized carbons (Fsp3) is 0.417. The second-order valence-corrected chi connectivity index (χ2v) is 6.18. The van der Waals surface area contributed by atoms with Gasteiger partial charge in [0.2, 0.25) is 10.0 Å². The van der Waals surface area contributed by atoms with Gasteiger partial charge in [0.25, 0.3) is 0 Å². The number of urea groups is 1. The average Bonchev–Trinajstić information content (AvgIpc) is 2.38. The van der Waals surface area contributed by atoms with Crippen LogP contribution in [0.25, 0.3) is 0 Å². The van der Waals surface area contributed by atoms with E-state index in [0.717, 1.165) is 0 Å². The Morgan fingerprint density at radius 3 is 2.60 bits per heavy atom. The number of primary sulfonamides is 1. The van der Waals surface area contributed by atoms with E-state index in [9.17, 15) is 13.2 Å². The Hall–Kier alpha value is -1.64. The van der Waals surface area contributed by atoms with Crippen LogP contribution in [-0.4, -0.2) is 45.1 Å². The summed E-state index contributed by atoms with van der Waals surface area (Å²) in [6, 6.07) is 5.49. The molecule has 8 heteroatoms. The monoisotopic (exact) mass is 299 g/mol. The molecule has 1 aliphatic heterocycles. The lowest BCUT2D eigenvalue weighted by Crippen LogP contribution is -2.48. The van der Waals surface area contributed by atoms with Gasteiger partial charge in [-0.2, -0.15) is 0 Å². The van der Waals surface area contributed by atoms with E-state index in [1.54, 1.807) is 4.90 Å². The summed E-state index contributed by atoms with van der Waals surface area (Å²) in [6.07, 6.45) is 0. The van der Waals surface area contributed by atoms with Crippen molar-refractivity contribution < 1.29 is 17.9 Å². The molecule has 20 heavy (non-hydrogen) atoms. The van der Waals surface area contributed by atoms with Crippen molar-refractivity contribution in [1.82, 2.24) is 4.90 Å². The number of morpholine rings is 1. The maximum Gasteiger partial charge on any atom is 0.322 e. The van der Waals surface area contributed by atoms with E-state index in [0.29, 0.717) is 25.4 Å². The lowest BCUT2D eigenvalue weighted by Gasteiger charge is -2.33. The van der Waals surface area contributed by atoms with Crippen LogP contribution >= 0.6 is 0 Å². The van der Waals surface area contributed by atoms with Crippen molar-refractivity contribution in [3.8, 4) is 0 Å². The molecule has 0 aromatic heterocycles. The van der Waals surface area contributed by atoms with E-state index in [1.807, 2.05) is 6.92 Å². The van der Waals surface area contributed by atoms with E-state index in [2.05, 4.69) is 5.32 Å². The summed E-state index contributed by atoms with van der Waals surface area (Å²) < 4.78 is 27.5. The molecule has 1 fully saturated rings. The third-order valence-electron chi connectivity index (χ3n) is 3.06. The Balaban J connectivity index is 2.04. The quantitative estimate of drug-likeness (QED) is 0.834. The van der Waals surface area contributed by atoms with Gasteiger partial charge in [-0.25, -0.2) is 18.4 Å². The van der Waals surface area contributed by atoms with Crippen LogP contribution in [0.3, 0.4) is 0 Å². The third kappa shape index (κ3) is 3.47. The molecular weight excluding hydrogens is 282 g/mol. The second-order valence-electron chi connectivity index (χ2n) is 4.62. The molecular formula is C12H17N3O4S. The van der Waals surface area contributed by atoms with Crippen LogP contribution in [0, 0.1) is 0 Å². The molecule has 1 heterocycles. The highest BCUT2D eigenvalue weighted by atomic mass is 32.2.